The van der Waals surface area contributed by atoms with Crippen LogP contribution in [0.3, 0.4) is 0 Å². The number of aryl methyl sites for hydroxylation is 2. The van der Waals surface area contributed by atoms with E-state index in [0.717, 1.165) is 97.5 Å². The van der Waals surface area contributed by atoms with Crippen LogP contribution in [0.4, 0.5) is 0 Å². The van der Waals surface area contributed by atoms with Crippen molar-refractivity contribution in [1.82, 2.24) is 39.8 Å². The van der Waals surface area contributed by atoms with Gasteiger partial charge in [-0.2, -0.15) is 0 Å². The average molecular weight is 1140 g/mol. The van der Waals surface area contributed by atoms with Crippen molar-refractivity contribution in [3.8, 4) is 22.9 Å². The van der Waals surface area contributed by atoms with Gasteiger partial charge in [-0.05, 0) is 167 Å². The number of hydrogen-bond donors (Lipinski definition) is 2. The molecular formula is C64H92Cl2N8O6. The molecule has 0 radical (unpaired) electrons. The van der Waals surface area contributed by atoms with Crippen LogP contribution in [0, 0.1) is 13.8 Å². The number of carbonyl (C=O) groups is 2. The number of aromatic hydroxyl groups is 2. The van der Waals surface area contributed by atoms with Crippen LogP contribution < -0.4 is 0 Å². The highest BCUT2D eigenvalue weighted by molar-refractivity contribution is 6.31. The van der Waals surface area contributed by atoms with E-state index < -0.39 is 0 Å². The van der Waals surface area contributed by atoms with Crippen LogP contribution in [0.2, 0.25) is 10.0 Å². The van der Waals surface area contributed by atoms with Crippen LogP contribution in [0.15, 0.2) is 60.7 Å². The molecule has 2 N–H and O–H groups in total. The summed E-state index contributed by atoms with van der Waals surface area (Å²) in [7, 11) is 4.33. The van der Waals surface area contributed by atoms with E-state index in [4.69, 9.17) is 32.7 Å². The molecule has 0 aliphatic carbocycles. The molecule has 80 heavy (non-hydrogen) atoms. The summed E-state index contributed by atoms with van der Waals surface area (Å²) in [5.74, 6) is 0.312. The number of fused-ring (bicyclic) bond motifs is 2. The zero-order valence-electron chi connectivity index (χ0n) is 51.3. The molecule has 0 amide bonds. The lowest BCUT2D eigenvalue weighted by atomic mass is 9.78. The molecule has 0 saturated carbocycles. The van der Waals surface area contributed by atoms with Crippen molar-refractivity contribution >= 4 is 57.2 Å². The van der Waals surface area contributed by atoms with Gasteiger partial charge >= 0.3 is 11.9 Å². The van der Waals surface area contributed by atoms with Gasteiger partial charge in [-0.15, -0.1) is 30.0 Å². The molecule has 2 saturated heterocycles. The second kappa shape index (κ2) is 25.1. The van der Waals surface area contributed by atoms with Crippen molar-refractivity contribution in [3.63, 3.8) is 0 Å². The zero-order chi connectivity index (χ0) is 59.5. The highest BCUT2D eigenvalue weighted by atomic mass is 35.5. The fourth-order valence-corrected chi connectivity index (χ4v) is 11.8. The van der Waals surface area contributed by atoms with Gasteiger partial charge in [0.1, 0.15) is 57.1 Å². The van der Waals surface area contributed by atoms with Gasteiger partial charge in [0, 0.05) is 81.9 Å². The Morgan fingerprint density at radius 1 is 0.512 bits per heavy atom. The summed E-state index contributed by atoms with van der Waals surface area (Å²) in [6.07, 6.45) is 10.5. The molecule has 4 aromatic carbocycles. The Morgan fingerprint density at radius 2 is 0.812 bits per heavy atom. The Balaban J connectivity index is 0.000000203. The maximum absolute atomic E-state index is 12.4. The minimum absolute atomic E-state index is 0.00474. The summed E-state index contributed by atoms with van der Waals surface area (Å²) < 4.78 is 11.7. The number of rotatable bonds is 13. The van der Waals surface area contributed by atoms with Crippen LogP contribution in [0.1, 0.15) is 196 Å². The van der Waals surface area contributed by atoms with Crippen molar-refractivity contribution in [1.29, 1.82) is 0 Å². The molecule has 16 heteroatoms. The van der Waals surface area contributed by atoms with Gasteiger partial charge in [-0.25, -0.2) is 0 Å². The number of ether oxygens (including phenoxy) is 2. The van der Waals surface area contributed by atoms with Crippen molar-refractivity contribution in [2.45, 2.75) is 233 Å². The van der Waals surface area contributed by atoms with Gasteiger partial charge in [0.05, 0.1) is 0 Å². The van der Waals surface area contributed by atoms with E-state index in [1.807, 2.05) is 50.2 Å². The van der Waals surface area contributed by atoms with Gasteiger partial charge in [0.15, 0.2) is 0 Å². The third kappa shape index (κ3) is 16.2. The summed E-state index contributed by atoms with van der Waals surface area (Å²) in [6, 6.07) is 18.5. The fourth-order valence-electron chi connectivity index (χ4n) is 11.4. The standard InChI is InChI=1S/C30H56N2O4.2C17H18ClN3O/c1-27(2)19-23(20-28(3,4)31(27)9)35-25(33)17-15-13-11-12-14-16-18-26(34)36-24-21-29(5,6)32(10)30(7,8)22-24;2*1-10-7-12(17(2,3)4)16(22)15(8-10)21-19-13-6-5-11(18)9-14(13)20-21/h23-24H,11-22H2,1-10H3;2*5-9,22H,1-4H3. The lowest BCUT2D eigenvalue weighted by molar-refractivity contribution is -0.160. The predicted molar refractivity (Wildman–Crippen MR) is 325 cm³/mol. The first-order chi connectivity index (χ1) is 37.0. The quantitative estimate of drug-likeness (QED) is 0.0833. The van der Waals surface area contributed by atoms with Crippen LogP contribution in [-0.4, -0.2) is 110 Å². The van der Waals surface area contributed by atoms with Gasteiger partial charge in [0.2, 0.25) is 0 Å². The molecule has 0 bridgehead atoms. The number of phenols is 2. The molecule has 2 aliphatic rings. The first kappa shape index (κ1) is 63.9. The number of nitrogens with zero attached hydrogens (tertiary/aromatic N) is 8. The van der Waals surface area contributed by atoms with Gasteiger partial charge in [-0.3, -0.25) is 19.4 Å². The summed E-state index contributed by atoms with van der Waals surface area (Å²) in [5.41, 5.74) is 7.67. The molecule has 4 heterocycles. The highest BCUT2D eigenvalue weighted by Gasteiger charge is 2.45. The Morgan fingerprint density at radius 3 is 1.12 bits per heavy atom. The number of esters is 2. The number of halogens is 2. The molecule has 2 aliphatic heterocycles. The normalized spacial score (nSPS) is 17.6. The molecule has 0 unspecified atom stereocenters. The Kier molecular flexibility index (Phi) is 20.0. The van der Waals surface area contributed by atoms with E-state index in [0.29, 0.717) is 45.3 Å². The molecule has 0 atom stereocenters. The fraction of sp³-hybridized carbons (Fsp3) is 0.594. The summed E-state index contributed by atoms with van der Waals surface area (Å²) in [6.45, 7) is 34.2. The Hall–Kier alpha value is -5.28. The van der Waals surface area contributed by atoms with Crippen LogP contribution >= 0.6 is 23.2 Å². The van der Waals surface area contributed by atoms with Crippen LogP contribution in [0.25, 0.3) is 33.4 Å². The minimum atomic E-state index is -0.166. The third-order valence-corrected chi connectivity index (χ3v) is 16.8. The molecule has 8 rings (SSSR count). The average Bonchev–Trinajstić information content (AvgIpc) is 4.11. The lowest BCUT2D eigenvalue weighted by Gasteiger charge is -2.53. The number of piperidine rings is 2. The maximum atomic E-state index is 12.4. The number of phenolic OH excluding ortho intramolecular Hbond substituents is 2. The molecule has 6 aromatic rings. The van der Waals surface area contributed by atoms with Crippen molar-refractivity contribution < 1.29 is 29.3 Å². The summed E-state index contributed by atoms with van der Waals surface area (Å²) >= 11 is 12.0. The first-order valence-electron chi connectivity index (χ1n) is 28.6. The first-order valence-corrected chi connectivity index (χ1v) is 29.3. The third-order valence-electron chi connectivity index (χ3n) is 16.3. The van der Waals surface area contributed by atoms with E-state index in [-0.39, 0.29) is 68.6 Å². The Labute approximate surface area is 486 Å². The van der Waals surface area contributed by atoms with Crippen LogP contribution in [-0.2, 0) is 29.9 Å². The molecule has 438 valence electrons. The maximum Gasteiger partial charge on any atom is 0.306 e. The summed E-state index contributed by atoms with van der Waals surface area (Å²) in [5, 5.41) is 40.3. The van der Waals surface area contributed by atoms with Crippen LogP contribution in [0.5, 0.6) is 11.5 Å². The second-order valence-electron chi connectivity index (χ2n) is 27.1. The van der Waals surface area contributed by atoms with E-state index in [2.05, 4.69) is 141 Å². The van der Waals surface area contributed by atoms with E-state index in [9.17, 15) is 19.8 Å². The number of hydrogen-bond acceptors (Lipinski definition) is 12. The number of unbranched alkanes of at least 4 members (excludes halogenated alkanes) is 5. The largest absolute Gasteiger partial charge is 0.505 e. The van der Waals surface area contributed by atoms with Crippen molar-refractivity contribution in [2.75, 3.05) is 14.1 Å². The molecule has 14 nitrogen and oxygen atoms in total. The van der Waals surface area contributed by atoms with Gasteiger partial charge in [0.25, 0.3) is 0 Å². The molecule has 2 aromatic heterocycles. The highest BCUT2D eigenvalue weighted by Crippen LogP contribution is 2.41. The second-order valence-corrected chi connectivity index (χ2v) is 28.0. The monoisotopic (exact) mass is 1140 g/mol. The molecule has 0 spiro atoms. The zero-order valence-corrected chi connectivity index (χ0v) is 52.8. The Bertz CT molecular complexity index is 2880. The number of benzene rings is 4. The van der Waals surface area contributed by atoms with Crippen molar-refractivity contribution in [2.24, 2.45) is 0 Å². The SMILES string of the molecule is CN1C(C)(C)CC(OC(=O)CCCCCCCCC(=O)OC2CC(C)(C)N(C)C(C)(C)C2)CC1(C)C.Cc1cc(-n2nc3ccc(Cl)cc3n2)c(O)c(C(C)(C)C)c1.Cc1cc(-n2nc3ccc(Cl)cc3n2)c(O)c(C(C)(C)C)c1. The number of aromatic nitrogens is 6. The smallest absolute Gasteiger partial charge is 0.306 e. The molecule has 2 fully saturated rings. The van der Waals surface area contributed by atoms with Crippen molar-refractivity contribution in [3.05, 3.63) is 93.0 Å². The molecular weight excluding hydrogens is 1050 g/mol. The van der Waals surface area contributed by atoms with Gasteiger partial charge in [-0.1, -0.05) is 103 Å². The number of likely N-dealkylation sites (tertiary alicyclic amines) is 2. The van der Waals surface area contributed by atoms with E-state index in [1.54, 1.807) is 24.3 Å². The number of carbonyl (C=O) groups excluding carboxylic acids is 2. The minimum Gasteiger partial charge on any atom is -0.505 e. The summed E-state index contributed by atoms with van der Waals surface area (Å²) in [4.78, 5) is 32.5. The van der Waals surface area contributed by atoms with E-state index in [1.165, 1.54) is 9.59 Å². The topological polar surface area (TPSA) is 161 Å². The van der Waals surface area contributed by atoms with Gasteiger partial charge < -0.3 is 19.7 Å². The lowest BCUT2D eigenvalue weighted by Crippen LogP contribution is -2.60. The predicted octanol–water partition coefficient (Wildman–Crippen LogP) is 15.3. The van der Waals surface area contributed by atoms with E-state index >= 15 is 0 Å².